The highest BCUT2D eigenvalue weighted by atomic mass is 35.5. The highest BCUT2D eigenvalue weighted by Gasteiger charge is 2.27. The summed E-state index contributed by atoms with van der Waals surface area (Å²) in [6.45, 7) is 12.0. The smallest absolute Gasteiger partial charge is 0.317 e. The molecule has 8 nitrogen and oxygen atoms in total. The Kier molecular flexibility index (Phi) is 9.45. The summed E-state index contributed by atoms with van der Waals surface area (Å²) in [7, 11) is 2.17. The van der Waals surface area contributed by atoms with Crippen molar-refractivity contribution in [1.82, 2.24) is 25.1 Å². The average molecular weight is 514 g/mol. The van der Waals surface area contributed by atoms with Crippen LogP contribution < -0.4 is 4.74 Å². The van der Waals surface area contributed by atoms with Gasteiger partial charge in [0.1, 0.15) is 11.3 Å². The van der Waals surface area contributed by atoms with Gasteiger partial charge in [-0.3, -0.25) is 9.89 Å². The second-order valence-corrected chi connectivity index (χ2v) is 10.6. The third-order valence-electron chi connectivity index (χ3n) is 5.67. The minimum atomic E-state index is -0.318. The molecule has 1 N–H and O–H groups in total. The van der Waals surface area contributed by atoms with Crippen LogP contribution in [0.2, 0.25) is 5.02 Å². The number of aromatic amines is 1. The van der Waals surface area contributed by atoms with Crippen molar-refractivity contribution in [2.24, 2.45) is 0 Å². The van der Waals surface area contributed by atoms with Crippen LogP contribution in [0.4, 0.5) is 0 Å². The standard InChI is InChI=1S/C22H26ClN5O.C5H10O2/c1-14(2)29-22-24-11-8-18(25-22)19-20(15-4-6-17(23)7-5-15)26-27-21(19)16-9-12-28(3)13-10-16;1-5(2,3)7-4-6/h4-8,11,14,16H,9-10,12-13H2,1-3H3,(H,26,27);4H,1-3H3. The van der Waals surface area contributed by atoms with Crippen molar-refractivity contribution in [2.75, 3.05) is 20.1 Å². The molecule has 0 spiro atoms. The molecular weight excluding hydrogens is 478 g/mol. The normalized spacial score (nSPS) is 14.8. The number of ether oxygens (including phenoxy) is 2. The van der Waals surface area contributed by atoms with Gasteiger partial charge in [0.05, 0.1) is 11.8 Å². The number of nitrogens with zero attached hydrogens (tertiary/aromatic N) is 4. The number of hydrogen-bond acceptors (Lipinski definition) is 7. The van der Waals surface area contributed by atoms with Crippen molar-refractivity contribution in [3.8, 4) is 28.5 Å². The Labute approximate surface area is 218 Å². The number of halogens is 1. The Morgan fingerprint density at radius 2 is 1.81 bits per heavy atom. The predicted molar refractivity (Wildman–Crippen MR) is 142 cm³/mol. The van der Waals surface area contributed by atoms with E-state index < -0.39 is 0 Å². The molecule has 0 radical (unpaired) electrons. The number of hydrogen-bond donors (Lipinski definition) is 1. The van der Waals surface area contributed by atoms with Crippen LogP contribution in [0.5, 0.6) is 6.01 Å². The van der Waals surface area contributed by atoms with Gasteiger partial charge in [-0.05, 0) is 85.8 Å². The van der Waals surface area contributed by atoms with Crippen molar-refractivity contribution in [1.29, 1.82) is 0 Å². The van der Waals surface area contributed by atoms with Crippen molar-refractivity contribution in [2.45, 2.75) is 65.1 Å². The van der Waals surface area contributed by atoms with E-state index in [9.17, 15) is 4.79 Å². The Balaban J connectivity index is 0.000000454. The molecule has 1 aliphatic heterocycles. The highest BCUT2D eigenvalue weighted by molar-refractivity contribution is 6.30. The molecule has 0 unspecified atom stereocenters. The molecule has 3 aromatic rings. The molecule has 36 heavy (non-hydrogen) atoms. The van der Waals surface area contributed by atoms with E-state index in [2.05, 4.69) is 26.8 Å². The molecule has 9 heteroatoms. The van der Waals surface area contributed by atoms with Gasteiger partial charge in [-0.2, -0.15) is 10.1 Å². The lowest BCUT2D eigenvalue weighted by molar-refractivity contribution is -0.138. The first-order chi connectivity index (χ1) is 17.1. The fourth-order valence-electron chi connectivity index (χ4n) is 3.92. The van der Waals surface area contributed by atoms with E-state index in [1.54, 1.807) is 6.20 Å². The van der Waals surface area contributed by atoms with E-state index in [0.29, 0.717) is 23.4 Å². The van der Waals surface area contributed by atoms with E-state index >= 15 is 0 Å². The van der Waals surface area contributed by atoms with E-state index in [0.717, 1.165) is 54.1 Å². The van der Waals surface area contributed by atoms with Gasteiger partial charge in [0.2, 0.25) is 0 Å². The molecule has 2 aromatic heterocycles. The first-order valence-corrected chi connectivity index (χ1v) is 12.6. The number of carbonyl (C=O) groups excluding carboxylic acids is 1. The van der Waals surface area contributed by atoms with E-state index in [1.165, 1.54) is 0 Å². The molecule has 1 fully saturated rings. The molecule has 0 aliphatic carbocycles. The number of likely N-dealkylation sites (tertiary alicyclic amines) is 1. The van der Waals surface area contributed by atoms with Crippen molar-refractivity contribution >= 4 is 18.1 Å². The Morgan fingerprint density at radius 3 is 2.36 bits per heavy atom. The first-order valence-electron chi connectivity index (χ1n) is 12.2. The maximum Gasteiger partial charge on any atom is 0.317 e. The summed E-state index contributed by atoms with van der Waals surface area (Å²) >= 11 is 6.10. The van der Waals surface area contributed by atoms with Gasteiger partial charge in [0.25, 0.3) is 6.47 Å². The molecule has 1 saturated heterocycles. The SMILES string of the molecule is CC(C)(C)OC=O.CC(C)Oc1nccc(-c2c(-c3ccc(Cl)cc3)n[nH]c2C2CCN(C)CC2)n1. The quantitative estimate of drug-likeness (QED) is 0.420. The summed E-state index contributed by atoms with van der Waals surface area (Å²) in [5.74, 6) is 0.416. The molecule has 1 aliphatic rings. The van der Waals surface area contributed by atoms with Crippen LogP contribution in [0.1, 0.15) is 59.1 Å². The second kappa shape index (κ2) is 12.3. The maximum absolute atomic E-state index is 9.60. The average Bonchev–Trinajstić information content (AvgIpc) is 3.25. The Morgan fingerprint density at radius 1 is 1.14 bits per heavy atom. The van der Waals surface area contributed by atoms with E-state index in [-0.39, 0.29) is 11.7 Å². The Bertz CT molecular complexity index is 1120. The predicted octanol–water partition coefficient (Wildman–Crippen LogP) is 5.74. The first kappa shape index (κ1) is 27.6. The monoisotopic (exact) mass is 513 g/mol. The van der Waals surface area contributed by atoms with Crippen LogP contribution in [-0.2, 0) is 9.53 Å². The number of aromatic nitrogens is 4. The van der Waals surface area contributed by atoms with Gasteiger partial charge in [0, 0.05) is 34.0 Å². The fourth-order valence-corrected chi connectivity index (χ4v) is 4.04. The second-order valence-electron chi connectivity index (χ2n) is 10.2. The topological polar surface area (TPSA) is 93.2 Å². The molecule has 0 saturated carbocycles. The van der Waals surface area contributed by atoms with Crippen LogP contribution in [-0.4, -0.2) is 63.4 Å². The number of piperidine rings is 1. The van der Waals surface area contributed by atoms with Crippen LogP contribution in [0.25, 0.3) is 22.5 Å². The highest BCUT2D eigenvalue weighted by Crippen LogP contribution is 2.39. The van der Waals surface area contributed by atoms with Crippen LogP contribution >= 0.6 is 11.6 Å². The molecule has 1 aromatic carbocycles. The van der Waals surface area contributed by atoms with E-state index in [4.69, 9.17) is 26.4 Å². The third kappa shape index (κ3) is 7.77. The van der Waals surface area contributed by atoms with Gasteiger partial charge >= 0.3 is 6.01 Å². The lowest BCUT2D eigenvalue weighted by Crippen LogP contribution is -2.29. The number of rotatable bonds is 6. The lowest BCUT2D eigenvalue weighted by Gasteiger charge is -2.28. The zero-order valence-electron chi connectivity index (χ0n) is 21.9. The summed E-state index contributed by atoms with van der Waals surface area (Å²) in [4.78, 5) is 20.9. The molecule has 4 rings (SSSR count). The number of H-pyrrole nitrogens is 1. The van der Waals surface area contributed by atoms with Crippen LogP contribution in [0.3, 0.4) is 0 Å². The van der Waals surface area contributed by atoms with Gasteiger partial charge < -0.3 is 14.4 Å². The molecule has 3 heterocycles. The minimum Gasteiger partial charge on any atom is -0.462 e. The van der Waals surface area contributed by atoms with Crippen molar-refractivity contribution in [3.63, 3.8) is 0 Å². The van der Waals surface area contributed by atoms with E-state index in [1.807, 2.05) is 65.0 Å². The van der Waals surface area contributed by atoms with Crippen molar-refractivity contribution < 1.29 is 14.3 Å². The summed E-state index contributed by atoms with van der Waals surface area (Å²) in [6, 6.07) is 10.1. The van der Waals surface area contributed by atoms with Gasteiger partial charge in [-0.25, -0.2) is 4.98 Å². The Hall–Kier alpha value is -2.97. The summed E-state index contributed by atoms with van der Waals surface area (Å²) < 4.78 is 10.3. The lowest BCUT2D eigenvalue weighted by atomic mass is 9.89. The summed E-state index contributed by atoms with van der Waals surface area (Å²) in [5.41, 5.74) is 4.55. The van der Waals surface area contributed by atoms with Gasteiger partial charge in [0.15, 0.2) is 0 Å². The number of benzene rings is 1. The van der Waals surface area contributed by atoms with Gasteiger partial charge in [-0.1, -0.05) is 23.7 Å². The summed E-state index contributed by atoms with van der Waals surface area (Å²) in [5, 5.41) is 8.73. The largest absolute Gasteiger partial charge is 0.462 e. The number of nitrogens with one attached hydrogen (secondary N) is 1. The summed E-state index contributed by atoms with van der Waals surface area (Å²) in [6.07, 6.45) is 3.94. The molecular formula is C27H36ClN5O3. The molecule has 0 atom stereocenters. The minimum absolute atomic E-state index is 0.0127. The molecule has 194 valence electrons. The zero-order valence-corrected chi connectivity index (χ0v) is 22.7. The third-order valence-corrected chi connectivity index (χ3v) is 5.92. The van der Waals surface area contributed by atoms with Crippen LogP contribution in [0.15, 0.2) is 36.5 Å². The number of carbonyl (C=O) groups is 1. The van der Waals surface area contributed by atoms with Crippen LogP contribution in [0, 0.1) is 0 Å². The maximum atomic E-state index is 9.60. The molecule has 0 amide bonds. The zero-order chi connectivity index (χ0) is 26.3. The molecule has 0 bridgehead atoms. The van der Waals surface area contributed by atoms with Crippen molar-refractivity contribution in [3.05, 3.63) is 47.2 Å². The van der Waals surface area contributed by atoms with Gasteiger partial charge in [-0.15, -0.1) is 0 Å². The fraction of sp³-hybridized carbons (Fsp3) is 0.481.